The van der Waals surface area contributed by atoms with Crippen molar-refractivity contribution in [2.75, 3.05) is 6.61 Å². The lowest BCUT2D eigenvalue weighted by molar-refractivity contribution is -0.143. The third-order valence-corrected chi connectivity index (χ3v) is 2.41. The van der Waals surface area contributed by atoms with Crippen LogP contribution in [0, 0.1) is 6.92 Å². The fourth-order valence-electron chi connectivity index (χ4n) is 1.49. The number of carbonyl (C=O) groups is 2. The number of carboxylic acids is 1. The van der Waals surface area contributed by atoms with Crippen LogP contribution in [0.15, 0.2) is 24.3 Å². The Bertz CT molecular complexity index is 479. The van der Waals surface area contributed by atoms with Gasteiger partial charge < -0.3 is 15.2 Å². The molecular weight excluding hydrogens is 272 g/mol. The molecule has 0 aliphatic rings. The van der Waals surface area contributed by atoms with E-state index in [2.05, 4.69) is 0 Å². The molecule has 0 aromatic heterocycles. The van der Waals surface area contributed by atoms with Crippen LogP contribution in [-0.2, 0) is 9.59 Å². The lowest BCUT2D eigenvalue weighted by Gasteiger charge is -2.14. The number of hydrogen-bond acceptors (Lipinski definition) is 3. The molecule has 1 aromatic rings. The maximum atomic E-state index is 12.1. The van der Waals surface area contributed by atoms with Crippen molar-refractivity contribution in [1.29, 1.82) is 0 Å². The minimum absolute atomic E-state index is 0.434. The van der Waals surface area contributed by atoms with Gasteiger partial charge in [-0.2, -0.15) is 0 Å². The number of ether oxygens (including phenoxy) is 1. The summed E-state index contributed by atoms with van der Waals surface area (Å²) >= 11 is 0. The standard InChI is InChI=1S/C13H15F2NO4/c1-8-3-2-4-9(5-8)20-7-12(17)16-10(13(18)19)6-11(14)15/h2-5,10-11H,6-7H2,1H3,(H,16,17)(H,18,19). The summed E-state index contributed by atoms with van der Waals surface area (Å²) < 4.78 is 29.4. The predicted octanol–water partition coefficient (Wildman–Crippen LogP) is 1.60. The van der Waals surface area contributed by atoms with Crippen LogP contribution in [0.4, 0.5) is 8.78 Å². The van der Waals surface area contributed by atoms with E-state index in [9.17, 15) is 18.4 Å². The van der Waals surface area contributed by atoms with Gasteiger partial charge in [0.2, 0.25) is 6.43 Å². The number of aryl methyl sites for hydroxylation is 1. The quantitative estimate of drug-likeness (QED) is 0.798. The number of aliphatic carboxylic acids is 1. The zero-order valence-corrected chi connectivity index (χ0v) is 10.8. The highest BCUT2D eigenvalue weighted by atomic mass is 19.3. The van der Waals surface area contributed by atoms with Gasteiger partial charge in [0, 0.05) is 6.42 Å². The van der Waals surface area contributed by atoms with E-state index >= 15 is 0 Å². The summed E-state index contributed by atoms with van der Waals surface area (Å²) in [7, 11) is 0. The van der Waals surface area contributed by atoms with E-state index < -0.39 is 37.4 Å². The molecule has 20 heavy (non-hydrogen) atoms. The summed E-state index contributed by atoms with van der Waals surface area (Å²) in [5.41, 5.74) is 0.934. The van der Waals surface area contributed by atoms with Gasteiger partial charge in [-0.15, -0.1) is 0 Å². The zero-order valence-electron chi connectivity index (χ0n) is 10.8. The van der Waals surface area contributed by atoms with Crippen molar-refractivity contribution in [3.8, 4) is 5.75 Å². The Kier molecular flexibility index (Phi) is 5.89. The van der Waals surface area contributed by atoms with Crippen molar-refractivity contribution in [2.45, 2.75) is 25.8 Å². The van der Waals surface area contributed by atoms with Crippen LogP contribution >= 0.6 is 0 Å². The molecule has 1 rings (SSSR count). The van der Waals surface area contributed by atoms with Crippen molar-refractivity contribution >= 4 is 11.9 Å². The van der Waals surface area contributed by atoms with E-state index in [-0.39, 0.29) is 0 Å². The fraction of sp³-hybridized carbons (Fsp3) is 0.385. The minimum Gasteiger partial charge on any atom is -0.484 e. The Hall–Kier alpha value is -2.18. The molecule has 0 fully saturated rings. The number of carbonyl (C=O) groups excluding carboxylic acids is 1. The van der Waals surface area contributed by atoms with Crippen molar-refractivity contribution in [3.05, 3.63) is 29.8 Å². The van der Waals surface area contributed by atoms with Crippen LogP contribution in [0.25, 0.3) is 0 Å². The van der Waals surface area contributed by atoms with Gasteiger partial charge in [-0.05, 0) is 24.6 Å². The molecule has 1 atom stereocenters. The van der Waals surface area contributed by atoms with Gasteiger partial charge in [0.1, 0.15) is 11.8 Å². The van der Waals surface area contributed by atoms with Crippen molar-refractivity contribution in [1.82, 2.24) is 5.32 Å². The molecule has 110 valence electrons. The maximum Gasteiger partial charge on any atom is 0.326 e. The van der Waals surface area contributed by atoms with Gasteiger partial charge in [0.25, 0.3) is 5.91 Å². The first kappa shape index (κ1) is 15.9. The molecule has 1 aromatic carbocycles. The molecule has 2 N–H and O–H groups in total. The summed E-state index contributed by atoms with van der Waals surface area (Å²) in [6, 6.07) is 5.29. The minimum atomic E-state index is -2.81. The third kappa shape index (κ3) is 5.64. The molecule has 7 heteroatoms. The Morgan fingerprint density at radius 3 is 2.65 bits per heavy atom. The smallest absolute Gasteiger partial charge is 0.326 e. The topological polar surface area (TPSA) is 75.6 Å². The van der Waals surface area contributed by atoms with Gasteiger partial charge in [-0.3, -0.25) is 4.79 Å². The summed E-state index contributed by atoms with van der Waals surface area (Å²) in [5.74, 6) is -1.82. The molecular formula is C13H15F2NO4. The van der Waals surface area contributed by atoms with E-state index in [1.54, 1.807) is 18.2 Å². The van der Waals surface area contributed by atoms with Gasteiger partial charge in [0.15, 0.2) is 6.61 Å². The lowest BCUT2D eigenvalue weighted by Crippen LogP contribution is -2.44. The Morgan fingerprint density at radius 2 is 2.10 bits per heavy atom. The number of rotatable bonds is 7. The molecule has 0 aliphatic heterocycles. The average molecular weight is 287 g/mol. The van der Waals surface area contributed by atoms with Gasteiger partial charge >= 0.3 is 5.97 Å². The Morgan fingerprint density at radius 1 is 1.40 bits per heavy atom. The van der Waals surface area contributed by atoms with Crippen molar-refractivity contribution in [3.63, 3.8) is 0 Å². The van der Waals surface area contributed by atoms with Crippen molar-refractivity contribution < 1.29 is 28.2 Å². The maximum absolute atomic E-state index is 12.1. The second kappa shape index (κ2) is 7.42. The summed E-state index contributed by atoms with van der Waals surface area (Å²) in [6.07, 6.45) is -3.75. The molecule has 0 spiro atoms. The normalized spacial score (nSPS) is 12.0. The first-order valence-corrected chi connectivity index (χ1v) is 5.88. The number of alkyl halides is 2. The SMILES string of the molecule is Cc1cccc(OCC(=O)NC(CC(F)F)C(=O)O)c1. The summed E-state index contributed by atoms with van der Waals surface area (Å²) in [4.78, 5) is 22.2. The van der Waals surface area contributed by atoms with Crippen LogP contribution in [-0.4, -0.2) is 36.1 Å². The molecule has 1 amide bonds. The lowest BCUT2D eigenvalue weighted by atomic mass is 10.2. The first-order valence-electron chi connectivity index (χ1n) is 5.88. The van der Waals surface area contributed by atoms with Gasteiger partial charge in [-0.25, -0.2) is 13.6 Å². The number of carboxylic acid groups (broad SMARTS) is 1. The van der Waals surface area contributed by atoms with Crippen LogP contribution < -0.4 is 10.1 Å². The highest BCUT2D eigenvalue weighted by Gasteiger charge is 2.24. The molecule has 0 radical (unpaired) electrons. The van der Waals surface area contributed by atoms with Crippen LogP contribution in [0.2, 0.25) is 0 Å². The number of hydrogen-bond donors (Lipinski definition) is 2. The largest absolute Gasteiger partial charge is 0.484 e. The van der Waals surface area contributed by atoms with E-state index in [1.165, 1.54) is 0 Å². The third-order valence-electron chi connectivity index (χ3n) is 2.41. The van der Waals surface area contributed by atoms with Crippen molar-refractivity contribution in [2.24, 2.45) is 0 Å². The molecule has 1 unspecified atom stereocenters. The highest BCUT2D eigenvalue weighted by Crippen LogP contribution is 2.12. The first-order chi connectivity index (χ1) is 9.38. The van der Waals surface area contributed by atoms with E-state index in [0.717, 1.165) is 5.56 Å². The molecule has 0 aliphatic carbocycles. The highest BCUT2D eigenvalue weighted by molar-refractivity contribution is 5.84. The second-order valence-electron chi connectivity index (χ2n) is 4.19. The molecule has 0 saturated carbocycles. The second-order valence-corrected chi connectivity index (χ2v) is 4.19. The average Bonchev–Trinajstić information content (AvgIpc) is 2.35. The van der Waals surface area contributed by atoms with Gasteiger partial charge in [-0.1, -0.05) is 12.1 Å². The molecule has 0 heterocycles. The summed E-state index contributed by atoms with van der Waals surface area (Å²) in [6.45, 7) is 1.41. The number of amides is 1. The fourth-order valence-corrected chi connectivity index (χ4v) is 1.49. The van der Waals surface area contributed by atoms with Crippen LogP contribution in [0.3, 0.4) is 0 Å². The van der Waals surface area contributed by atoms with E-state index in [1.807, 2.05) is 18.3 Å². The molecule has 0 bridgehead atoms. The predicted molar refractivity (Wildman–Crippen MR) is 66.9 cm³/mol. The number of nitrogens with one attached hydrogen (secondary N) is 1. The molecule has 0 saturated heterocycles. The Labute approximate surface area is 114 Å². The number of halogens is 2. The molecule has 5 nitrogen and oxygen atoms in total. The van der Waals surface area contributed by atoms with E-state index in [4.69, 9.17) is 9.84 Å². The van der Waals surface area contributed by atoms with E-state index in [0.29, 0.717) is 5.75 Å². The van der Waals surface area contributed by atoms with Gasteiger partial charge in [0.05, 0.1) is 0 Å². The zero-order chi connectivity index (χ0) is 15.1. The summed E-state index contributed by atoms with van der Waals surface area (Å²) in [5, 5.41) is 10.7. The monoisotopic (exact) mass is 287 g/mol. The number of benzene rings is 1. The van der Waals surface area contributed by atoms with Crippen LogP contribution in [0.5, 0.6) is 5.75 Å². The van der Waals surface area contributed by atoms with Crippen LogP contribution in [0.1, 0.15) is 12.0 Å². The Balaban J connectivity index is 2.47.